The van der Waals surface area contributed by atoms with E-state index in [1.54, 1.807) is 0 Å². The third-order valence-electron chi connectivity index (χ3n) is 3.17. The molecule has 0 spiro atoms. The van der Waals surface area contributed by atoms with E-state index < -0.39 is 16.6 Å². The summed E-state index contributed by atoms with van der Waals surface area (Å²) in [6.07, 6.45) is 1.76. The lowest BCUT2D eigenvalue weighted by molar-refractivity contribution is -0.389. The maximum atomic E-state index is 12.2. The summed E-state index contributed by atoms with van der Waals surface area (Å²) in [6, 6.07) is 0.964. The summed E-state index contributed by atoms with van der Waals surface area (Å²) in [4.78, 5) is 25.8. The van der Waals surface area contributed by atoms with E-state index in [1.807, 2.05) is 6.92 Å². The topological polar surface area (TPSA) is 132 Å². The number of carbonyl (C=O) groups is 1. The van der Waals surface area contributed by atoms with Gasteiger partial charge in [0.15, 0.2) is 6.20 Å². The molecule has 0 aliphatic carbocycles. The Kier molecular flexibility index (Phi) is 4.11. The van der Waals surface area contributed by atoms with Crippen LogP contribution in [0.4, 0.5) is 11.5 Å². The summed E-state index contributed by atoms with van der Waals surface area (Å²) < 4.78 is 5.35. The lowest BCUT2D eigenvalue weighted by Gasteiger charge is -2.16. The van der Waals surface area contributed by atoms with Gasteiger partial charge >= 0.3 is 5.82 Å². The molecule has 1 aromatic rings. The predicted octanol–water partition coefficient (Wildman–Crippen LogP) is 0.183. The monoisotopic (exact) mass is 281 g/mol. The van der Waals surface area contributed by atoms with Gasteiger partial charge in [-0.25, -0.2) is 0 Å². The van der Waals surface area contributed by atoms with Gasteiger partial charge in [-0.3, -0.25) is 10.6 Å². The van der Waals surface area contributed by atoms with E-state index in [4.69, 9.17) is 10.6 Å². The molecule has 1 aliphatic heterocycles. The van der Waals surface area contributed by atoms with Crippen LogP contribution >= 0.6 is 0 Å². The summed E-state index contributed by atoms with van der Waals surface area (Å²) in [6.45, 7) is 2.43. The highest BCUT2D eigenvalue weighted by atomic mass is 16.6. The van der Waals surface area contributed by atoms with Gasteiger partial charge in [0.25, 0.3) is 5.91 Å². The zero-order valence-corrected chi connectivity index (χ0v) is 10.8. The van der Waals surface area contributed by atoms with E-state index in [2.05, 4.69) is 15.7 Å². The number of nitrogens with one attached hydrogen (secondary N) is 2. The summed E-state index contributed by atoms with van der Waals surface area (Å²) in [7, 11) is 0. The van der Waals surface area contributed by atoms with Gasteiger partial charge in [-0.05, 0) is 23.3 Å². The number of anilines is 1. The molecule has 0 radical (unpaired) electrons. The van der Waals surface area contributed by atoms with Gasteiger partial charge in [-0.2, -0.15) is 0 Å². The molecule has 20 heavy (non-hydrogen) atoms. The van der Waals surface area contributed by atoms with Crippen molar-refractivity contribution in [1.29, 1.82) is 0 Å². The van der Waals surface area contributed by atoms with Crippen LogP contribution in [-0.2, 0) is 4.74 Å². The minimum atomic E-state index is -0.668. The number of nitrogens with zero attached hydrogens (tertiary/aromatic N) is 2. The van der Waals surface area contributed by atoms with Gasteiger partial charge in [0.1, 0.15) is 5.69 Å². The van der Waals surface area contributed by atoms with E-state index in [1.165, 1.54) is 0 Å². The molecule has 9 nitrogen and oxygen atoms in total. The van der Waals surface area contributed by atoms with Crippen molar-refractivity contribution in [2.45, 2.75) is 25.5 Å². The Bertz CT molecular complexity index is 536. The number of carbonyl (C=O) groups excluding carboxylic acids is 1. The van der Waals surface area contributed by atoms with Crippen molar-refractivity contribution in [3.05, 3.63) is 27.9 Å². The molecule has 2 atom stereocenters. The SMILES string of the molecule is CC1OCCC1NC(=O)c1cc([N+](=O)[O-])ncc1NN. The molecule has 4 N–H and O–H groups in total. The summed E-state index contributed by atoms with van der Waals surface area (Å²) in [5.74, 6) is 4.42. The number of ether oxygens (including phenoxy) is 1. The molecule has 1 saturated heterocycles. The third-order valence-corrected chi connectivity index (χ3v) is 3.17. The lowest BCUT2D eigenvalue weighted by Crippen LogP contribution is -2.39. The quantitative estimate of drug-likeness (QED) is 0.407. The normalized spacial score (nSPS) is 21.5. The summed E-state index contributed by atoms with van der Waals surface area (Å²) in [5.41, 5.74) is 2.60. The van der Waals surface area contributed by atoms with Crippen LogP contribution in [0.25, 0.3) is 0 Å². The molecule has 1 amide bonds. The molecule has 2 heterocycles. The first-order valence-corrected chi connectivity index (χ1v) is 6.06. The molecule has 1 aliphatic rings. The molecule has 0 bridgehead atoms. The van der Waals surface area contributed by atoms with Crippen molar-refractivity contribution in [2.75, 3.05) is 12.0 Å². The van der Waals surface area contributed by atoms with Crippen LogP contribution in [-0.4, -0.2) is 34.6 Å². The van der Waals surface area contributed by atoms with E-state index in [9.17, 15) is 14.9 Å². The minimum absolute atomic E-state index is 0.0771. The number of aromatic nitrogens is 1. The fourth-order valence-electron chi connectivity index (χ4n) is 2.01. The molecule has 9 heteroatoms. The van der Waals surface area contributed by atoms with E-state index >= 15 is 0 Å². The Morgan fingerprint density at radius 2 is 2.40 bits per heavy atom. The summed E-state index contributed by atoms with van der Waals surface area (Å²) in [5, 5.41) is 13.5. The number of nitro groups is 1. The molecule has 2 unspecified atom stereocenters. The van der Waals surface area contributed by atoms with Crippen LogP contribution in [0.2, 0.25) is 0 Å². The number of hydrazine groups is 1. The fraction of sp³-hybridized carbons (Fsp3) is 0.455. The number of rotatable bonds is 4. The Balaban J connectivity index is 2.23. The molecular formula is C11H15N5O4. The lowest BCUT2D eigenvalue weighted by atomic mass is 10.1. The van der Waals surface area contributed by atoms with Crippen LogP contribution < -0.4 is 16.6 Å². The maximum absolute atomic E-state index is 12.2. The number of nitrogens with two attached hydrogens (primary N) is 1. The van der Waals surface area contributed by atoms with E-state index in [0.29, 0.717) is 13.0 Å². The Morgan fingerprint density at radius 3 is 2.95 bits per heavy atom. The van der Waals surface area contributed by atoms with Gasteiger partial charge in [0, 0.05) is 6.61 Å². The smallest absolute Gasteiger partial charge is 0.364 e. The molecule has 1 fully saturated rings. The average molecular weight is 281 g/mol. The molecule has 0 aromatic carbocycles. The molecular weight excluding hydrogens is 266 g/mol. The van der Waals surface area contributed by atoms with E-state index in [-0.39, 0.29) is 23.4 Å². The van der Waals surface area contributed by atoms with Crippen molar-refractivity contribution in [1.82, 2.24) is 10.3 Å². The first-order chi connectivity index (χ1) is 9.52. The van der Waals surface area contributed by atoms with Crippen molar-refractivity contribution < 1.29 is 14.5 Å². The largest absolute Gasteiger partial charge is 0.376 e. The molecule has 1 aromatic heterocycles. The van der Waals surface area contributed by atoms with Crippen LogP contribution in [0.1, 0.15) is 23.7 Å². The fourth-order valence-corrected chi connectivity index (χ4v) is 2.01. The number of amides is 1. The zero-order chi connectivity index (χ0) is 14.7. The highest BCUT2D eigenvalue weighted by Crippen LogP contribution is 2.20. The predicted molar refractivity (Wildman–Crippen MR) is 70.0 cm³/mol. The average Bonchev–Trinajstić information content (AvgIpc) is 2.83. The molecule has 2 rings (SSSR count). The van der Waals surface area contributed by atoms with Crippen molar-refractivity contribution in [3.63, 3.8) is 0 Å². The van der Waals surface area contributed by atoms with Crippen LogP contribution in [0.15, 0.2) is 12.3 Å². The highest BCUT2D eigenvalue weighted by Gasteiger charge is 2.27. The Hall–Kier alpha value is -2.26. The van der Waals surface area contributed by atoms with Crippen molar-refractivity contribution in [2.24, 2.45) is 5.84 Å². The van der Waals surface area contributed by atoms with E-state index in [0.717, 1.165) is 12.3 Å². The van der Waals surface area contributed by atoms with Gasteiger partial charge in [-0.15, -0.1) is 0 Å². The standard InChI is InChI=1S/C11H15N5O4/c1-6-8(2-3-20-6)14-11(17)7-4-10(16(18)19)13-5-9(7)15-12/h4-6,8,15H,2-3,12H2,1H3,(H,14,17). The van der Waals surface area contributed by atoms with Crippen LogP contribution in [0, 0.1) is 10.1 Å². The first kappa shape index (κ1) is 14.2. The summed E-state index contributed by atoms with van der Waals surface area (Å²) >= 11 is 0. The van der Waals surface area contributed by atoms with Crippen molar-refractivity contribution in [3.8, 4) is 0 Å². The minimum Gasteiger partial charge on any atom is -0.376 e. The van der Waals surface area contributed by atoms with Crippen LogP contribution in [0.5, 0.6) is 0 Å². The second-order valence-corrected chi connectivity index (χ2v) is 4.43. The number of hydrogen-bond donors (Lipinski definition) is 3. The van der Waals surface area contributed by atoms with Gasteiger partial charge in [0.05, 0.1) is 23.8 Å². The highest BCUT2D eigenvalue weighted by molar-refractivity contribution is 6.00. The zero-order valence-electron chi connectivity index (χ0n) is 10.8. The second-order valence-electron chi connectivity index (χ2n) is 4.43. The Morgan fingerprint density at radius 1 is 1.65 bits per heavy atom. The van der Waals surface area contributed by atoms with Gasteiger partial charge < -0.3 is 25.6 Å². The first-order valence-electron chi connectivity index (χ1n) is 6.06. The molecule has 0 saturated carbocycles. The number of pyridine rings is 1. The third kappa shape index (κ3) is 2.83. The number of hydrogen-bond acceptors (Lipinski definition) is 7. The number of nitrogen functional groups attached to an aromatic ring is 1. The maximum Gasteiger partial charge on any atom is 0.364 e. The Labute approximate surface area is 114 Å². The second kappa shape index (κ2) is 5.80. The van der Waals surface area contributed by atoms with Crippen LogP contribution in [0.3, 0.4) is 0 Å². The molecule has 108 valence electrons. The van der Waals surface area contributed by atoms with Gasteiger partial charge in [-0.1, -0.05) is 0 Å². The van der Waals surface area contributed by atoms with Gasteiger partial charge in [0.2, 0.25) is 0 Å². The van der Waals surface area contributed by atoms with Crippen molar-refractivity contribution >= 4 is 17.4 Å².